The van der Waals surface area contributed by atoms with Crippen molar-refractivity contribution in [2.24, 2.45) is 5.92 Å². The van der Waals surface area contributed by atoms with E-state index < -0.39 is 55.4 Å². The summed E-state index contributed by atoms with van der Waals surface area (Å²) >= 11 is 0. The summed E-state index contributed by atoms with van der Waals surface area (Å²) in [5, 5.41) is 60.2. The fourth-order valence-corrected chi connectivity index (χ4v) is 4.55. The molecule has 2 aliphatic heterocycles. The molecule has 11 nitrogen and oxygen atoms in total. The van der Waals surface area contributed by atoms with Crippen LogP contribution in [0, 0.1) is 5.92 Å². The fourth-order valence-electron chi connectivity index (χ4n) is 4.55. The van der Waals surface area contributed by atoms with Crippen LogP contribution < -0.4 is 4.74 Å². The SMILES string of the molecule is COC1CC(O)C2C(=O)C(c3ccc(O)cc3O[C@@H]3O[C@H](CO)[C@@H](O)[C@H](O)[C@H]3O)=COC2C1. The second-order valence-corrected chi connectivity index (χ2v) is 8.49. The zero-order valence-corrected chi connectivity index (χ0v) is 17.9. The Balaban J connectivity index is 1.63. The van der Waals surface area contributed by atoms with Crippen LogP contribution in [0.4, 0.5) is 0 Å². The van der Waals surface area contributed by atoms with E-state index in [1.165, 1.54) is 31.6 Å². The average Bonchev–Trinajstić information content (AvgIpc) is 2.80. The zero-order valence-electron chi connectivity index (χ0n) is 17.9. The van der Waals surface area contributed by atoms with Crippen LogP contribution in [0.25, 0.3) is 5.57 Å². The molecule has 0 amide bonds. The highest BCUT2D eigenvalue weighted by Gasteiger charge is 2.47. The van der Waals surface area contributed by atoms with Crippen molar-refractivity contribution in [3.05, 3.63) is 30.0 Å². The molecule has 9 atom stereocenters. The van der Waals surface area contributed by atoms with Crippen molar-refractivity contribution >= 4 is 11.4 Å². The van der Waals surface area contributed by atoms with Gasteiger partial charge in [-0.3, -0.25) is 4.79 Å². The molecule has 33 heavy (non-hydrogen) atoms. The number of benzene rings is 1. The Kier molecular flexibility index (Phi) is 6.91. The monoisotopic (exact) mass is 468 g/mol. The van der Waals surface area contributed by atoms with Crippen LogP contribution in [0.5, 0.6) is 11.5 Å². The van der Waals surface area contributed by atoms with Crippen molar-refractivity contribution in [2.45, 2.75) is 61.9 Å². The third-order valence-electron chi connectivity index (χ3n) is 6.42. The summed E-state index contributed by atoms with van der Waals surface area (Å²) in [6.45, 7) is -0.640. The molecular weight excluding hydrogens is 440 g/mol. The molecule has 0 aromatic heterocycles. The number of hydrogen-bond acceptors (Lipinski definition) is 11. The van der Waals surface area contributed by atoms with Crippen molar-refractivity contribution in [1.29, 1.82) is 0 Å². The largest absolute Gasteiger partial charge is 0.508 e. The van der Waals surface area contributed by atoms with E-state index in [0.717, 1.165) is 0 Å². The standard InChI is InChI=1S/C22H28O11/c1-30-10-5-13(25)17-15(6-10)31-8-12(18(17)26)11-3-2-9(24)4-14(11)32-22-21(29)20(28)19(27)16(7-23)33-22/h2-4,8,10,13,15-17,19-25,27-29H,5-7H2,1H3/t10?,13?,15?,16-,17?,19-,20+,21-,22-/m1/s1. The van der Waals surface area contributed by atoms with Gasteiger partial charge in [0.1, 0.15) is 42.0 Å². The Morgan fingerprint density at radius 3 is 2.55 bits per heavy atom. The summed E-state index contributed by atoms with van der Waals surface area (Å²) in [6, 6.07) is 3.93. The highest BCUT2D eigenvalue weighted by molar-refractivity contribution is 6.23. The van der Waals surface area contributed by atoms with E-state index in [1.54, 1.807) is 0 Å². The predicted molar refractivity (Wildman–Crippen MR) is 110 cm³/mol. The maximum Gasteiger partial charge on any atom is 0.229 e. The van der Waals surface area contributed by atoms with Gasteiger partial charge in [-0.25, -0.2) is 0 Å². The number of phenols is 1. The topological polar surface area (TPSA) is 175 Å². The van der Waals surface area contributed by atoms with Crippen molar-refractivity contribution in [3.8, 4) is 11.5 Å². The molecule has 4 rings (SSSR count). The normalized spacial score (nSPS) is 38.8. The molecule has 1 aromatic rings. The number of fused-ring (bicyclic) bond motifs is 1. The quantitative estimate of drug-likeness (QED) is 0.302. The first kappa shape index (κ1) is 23.9. The minimum absolute atomic E-state index is 0.0685. The molecule has 1 saturated carbocycles. The van der Waals surface area contributed by atoms with Crippen molar-refractivity contribution < 1.29 is 54.4 Å². The van der Waals surface area contributed by atoms with Crippen LogP contribution >= 0.6 is 0 Å². The van der Waals surface area contributed by atoms with Gasteiger partial charge in [0, 0.05) is 31.6 Å². The lowest BCUT2D eigenvalue weighted by Gasteiger charge is -2.41. The molecule has 11 heteroatoms. The smallest absolute Gasteiger partial charge is 0.229 e. The van der Waals surface area contributed by atoms with Crippen LogP contribution in [0.2, 0.25) is 0 Å². The zero-order chi connectivity index (χ0) is 23.9. The number of aliphatic hydroxyl groups excluding tert-OH is 5. The maximum atomic E-state index is 13.3. The van der Waals surface area contributed by atoms with Crippen molar-refractivity contribution in [3.63, 3.8) is 0 Å². The Labute approximate surface area is 189 Å². The number of methoxy groups -OCH3 is 1. The summed E-state index contributed by atoms with van der Waals surface area (Å²) in [7, 11) is 1.53. The Hall–Kier alpha value is -2.25. The van der Waals surface area contributed by atoms with Crippen LogP contribution in [0.1, 0.15) is 18.4 Å². The predicted octanol–water partition coefficient (Wildman–Crippen LogP) is -1.33. The minimum atomic E-state index is -1.68. The summed E-state index contributed by atoms with van der Waals surface area (Å²) in [5.41, 5.74) is 0.292. The molecule has 3 aliphatic rings. The molecule has 182 valence electrons. The van der Waals surface area contributed by atoms with Crippen molar-refractivity contribution in [2.75, 3.05) is 13.7 Å². The van der Waals surface area contributed by atoms with Gasteiger partial charge < -0.3 is 49.6 Å². The summed E-state index contributed by atoms with van der Waals surface area (Å²) < 4.78 is 22.1. The molecule has 2 heterocycles. The second kappa shape index (κ2) is 9.55. The van der Waals surface area contributed by atoms with Gasteiger partial charge in [0.05, 0.1) is 36.6 Å². The van der Waals surface area contributed by atoms with Crippen LogP contribution in [0.15, 0.2) is 24.5 Å². The number of Topliss-reactive ketones (excluding diaryl/α,β-unsaturated/α-hetero) is 1. The van der Waals surface area contributed by atoms with Gasteiger partial charge in [-0.05, 0) is 12.1 Å². The highest BCUT2D eigenvalue weighted by Crippen LogP contribution is 2.41. The number of carbonyl (C=O) groups excluding carboxylic acids is 1. The van der Waals surface area contributed by atoms with Gasteiger partial charge in [0.25, 0.3) is 0 Å². The Morgan fingerprint density at radius 2 is 1.85 bits per heavy atom. The van der Waals surface area contributed by atoms with E-state index in [0.29, 0.717) is 6.42 Å². The Bertz CT molecular complexity index is 900. The number of phenolic OH excluding ortho intramolecular Hbond substituents is 1. The first-order valence-electron chi connectivity index (χ1n) is 10.7. The van der Waals surface area contributed by atoms with E-state index in [9.17, 15) is 35.4 Å². The van der Waals surface area contributed by atoms with Gasteiger partial charge in [-0.2, -0.15) is 0 Å². The number of hydrogen-bond donors (Lipinski definition) is 6. The maximum absolute atomic E-state index is 13.3. The van der Waals surface area contributed by atoms with Crippen molar-refractivity contribution in [1.82, 2.24) is 0 Å². The van der Waals surface area contributed by atoms with E-state index in [2.05, 4.69) is 0 Å². The number of allylic oxidation sites excluding steroid dienone is 1. The number of ether oxygens (including phenoxy) is 4. The van der Waals surface area contributed by atoms with E-state index in [-0.39, 0.29) is 40.9 Å². The minimum Gasteiger partial charge on any atom is -0.508 e. The second-order valence-electron chi connectivity index (χ2n) is 8.49. The first-order chi connectivity index (χ1) is 15.7. The van der Waals surface area contributed by atoms with Crippen LogP contribution in [-0.2, 0) is 19.0 Å². The molecular formula is C22H28O11. The summed E-state index contributed by atoms with van der Waals surface area (Å²) in [6.07, 6.45) is -7.39. The average molecular weight is 468 g/mol. The van der Waals surface area contributed by atoms with E-state index in [1.807, 2.05) is 0 Å². The first-order valence-corrected chi connectivity index (χ1v) is 10.7. The summed E-state index contributed by atoms with van der Waals surface area (Å²) in [4.78, 5) is 13.3. The fraction of sp³-hybridized carbons (Fsp3) is 0.591. The van der Waals surface area contributed by atoms with Gasteiger partial charge in [0.2, 0.25) is 6.29 Å². The van der Waals surface area contributed by atoms with Gasteiger partial charge in [0.15, 0.2) is 5.78 Å². The lowest BCUT2D eigenvalue weighted by atomic mass is 9.76. The number of rotatable bonds is 5. The number of aromatic hydroxyl groups is 1. The van der Waals surface area contributed by atoms with Gasteiger partial charge in [-0.1, -0.05) is 0 Å². The lowest BCUT2D eigenvalue weighted by molar-refractivity contribution is -0.277. The third-order valence-corrected chi connectivity index (χ3v) is 6.42. The molecule has 0 radical (unpaired) electrons. The number of ketones is 1. The number of carbonyl (C=O) groups is 1. The molecule has 1 saturated heterocycles. The molecule has 1 aromatic carbocycles. The molecule has 0 bridgehead atoms. The van der Waals surface area contributed by atoms with Gasteiger partial charge >= 0.3 is 0 Å². The molecule has 1 aliphatic carbocycles. The highest BCUT2D eigenvalue weighted by atomic mass is 16.7. The van der Waals surface area contributed by atoms with Crippen LogP contribution in [0.3, 0.4) is 0 Å². The van der Waals surface area contributed by atoms with Gasteiger partial charge in [-0.15, -0.1) is 0 Å². The van der Waals surface area contributed by atoms with E-state index in [4.69, 9.17) is 18.9 Å². The molecule has 2 fully saturated rings. The third kappa shape index (κ3) is 4.45. The molecule has 6 N–H and O–H groups in total. The molecule has 4 unspecified atom stereocenters. The number of aliphatic hydroxyl groups is 5. The van der Waals surface area contributed by atoms with E-state index >= 15 is 0 Å². The Morgan fingerprint density at radius 1 is 1.09 bits per heavy atom. The van der Waals surface area contributed by atoms with Crippen LogP contribution in [-0.4, -0.2) is 99.2 Å². The molecule has 0 spiro atoms. The lowest BCUT2D eigenvalue weighted by Crippen LogP contribution is -2.60. The summed E-state index contributed by atoms with van der Waals surface area (Å²) in [5.74, 6) is -1.47.